The highest BCUT2D eigenvalue weighted by Crippen LogP contribution is 2.17. The normalized spacial score (nSPS) is 11.9. The van der Waals surface area contributed by atoms with Crippen molar-refractivity contribution in [1.29, 1.82) is 0 Å². The third kappa shape index (κ3) is 4.03. The van der Waals surface area contributed by atoms with E-state index in [0.717, 1.165) is 6.42 Å². The third-order valence-electron chi connectivity index (χ3n) is 2.41. The topological polar surface area (TPSA) is 55.1 Å². The number of nitrogens with two attached hydrogens (primary N) is 1. The molecule has 1 rings (SSSR count). The minimum atomic E-state index is -0.411. The average molecular weight is 333 g/mol. The van der Waals surface area contributed by atoms with Crippen LogP contribution in [0.3, 0.4) is 0 Å². The molecule has 1 aromatic rings. The Balaban J connectivity index is 2.80. The maximum atomic E-state index is 13.1. The molecule has 0 spiro atoms. The van der Waals surface area contributed by atoms with Gasteiger partial charge in [-0.1, -0.05) is 25.6 Å². The first kappa shape index (κ1) is 15.0. The molecule has 1 unspecified atom stereocenters. The second-order valence-corrected chi connectivity index (χ2v) is 5.17. The van der Waals surface area contributed by atoms with E-state index < -0.39 is 5.82 Å². The predicted molar refractivity (Wildman–Crippen MR) is 77.0 cm³/mol. The molecule has 1 aromatic carbocycles. The highest BCUT2D eigenvalue weighted by molar-refractivity contribution is 9.10. The van der Waals surface area contributed by atoms with Crippen LogP contribution in [0.2, 0.25) is 0 Å². The maximum absolute atomic E-state index is 13.1. The van der Waals surface area contributed by atoms with Crippen LogP contribution in [0.15, 0.2) is 22.7 Å². The summed E-state index contributed by atoms with van der Waals surface area (Å²) in [5.41, 5.74) is 5.91. The number of rotatable bonds is 5. The van der Waals surface area contributed by atoms with Gasteiger partial charge in [-0.2, -0.15) is 0 Å². The standard InChI is InChI=1S/C12H14BrFN2OS/c1-2-3-10(11(15)18)16-12(17)7-4-5-9(14)8(13)6-7/h4-6,10H,2-3H2,1H3,(H2,15,18)(H,16,17). The fourth-order valence-electron chi connectivity index (χ4n) is 1.45. The second kappa shape index (κ2) is 6.80. The molecule has 6 heteroatoms. The van der Waals surface area contributed by atoms with Gasteiger partial charge in [0.2, 0.25) is 0 Å². The number of carbonyl (C=O) groups excluding carboxylic acids is 1. The number of benzene rings is 1. The largest absolute Gasteiger partial charge is 0.392 e. The summed E-state index contributed by atoms with van der Waals surface area (Å²) in [5.74, 6) is -0.729. The van der Waals surface area contributed by atoms with E-state index in [1.165, 1.54) is 18.2 Å². The lowest BCUT2D eigenvalue weighted by atomic mass is 10.1. The van der Waals surface area contributed by atoms with E-state index in [2.05, 4.69) is 21.2 Å². The van der Waals surface area contributed by atoms with Crippen molar-refractivity contribution < 1.29 is 9.18 Å². The van der Waals surface area contributed by atoms with Gasteiger partial charge < -0.3 is 11.1 Å². The molecule has 0 aliphatic rings. The lowest BCUT2D eigenvalue weighted by Gasteiger charge is -2.16. The minimum Gasteiger partial charge on any atom is -0.392 e. The van der Waals surface area contributed by atoms with Crippen LogP contribution in [0.5, 0.6) is 0 Å². The summed E-state index contributed by atoms with van der Waals surface area (Å²) in [7, 11) is 0. The van der Waals surface area contributed by atoms with Crippen LogP contribution >= 0.6 is 28.1 Å². The highest BCUT2D eigenvalue weighted by atomic mass is 79.9. The van der Waals surface area contributed by atoms with E-state index in [1.807, 2.05) is 6.92 Å². The lowest BCUT2D eigenvalue weighted by Crippen LogP contribution is -2.43. The van der Waals surface area contributed by atoms with E-state index in [9.17, 15) is 9.18 Å². The molecule has 18 heavy (non-hydrogen) atoms. The van der Waals surface area contributed by atoms with Crippen LogP contribution in [0, 0.1) is 5.82 Å². The number of nitrogens with one attached hydrogen (secondary N) is 1. The van der Waals surface area contributed by atoms with E-state index in [1.54, 1.807) is 0 Å². The molecule has 0 aromatic heterocycles. The SMILES string of the molecule is CCCC(NC(=O)c1ccc(F)c(Br)c1)C(N)=S. The van der Waals surface area contributed by atoms with Crippen molar-refractivity contribution in [3.63, 3.8) is 0 Å². The summed E-state index contributed by atoms with van der Waals surface area (Å²) in [4.78, 5) is 12.2. The number of halogens is 2. The third-order valence-corrected chi connectivity index (χ3v) is 3.30. The summed E-state index contributed by atoms with van der Waals surface area (Å²) in [6, 6.07) is 3.74. The summed E-state index contributed by atoms with van der Waals surface area (Å²) in [6.07, 6.45) is 1.54. The summed E-state index contributed by atoms with van der Waals surface area (Å²) in [5, 5.41) is 2.73. The molecule has 0 aliphatic heterocycles. The van der Waals surface area contributed by atoms with Gasteiger partial charge in [-0.15, -0.1) is 0 Å². The number of amides is 1. The Labute approximate surface area is 119 Å². The molecular weight excluding hydrogens is 319 g/mol. The van der Waals surface area contributed by atoms with Gasteiger partial charge in [-0.3, -0.25) is 4.79 Å². The maximum Gasteiger partial charge on any atom is 0.251 e. The first-order valence-electron chi connectivity index (χ1n) is 5.51. The van der Waals surface area contributed by atoms with Crippen LogP contribution in [0.25, 0.3) is 0 Å². The van der Waals surface area contributed by atoms with E-state index in [0.29, 0.717) is 12.0 Å². The van der Waals surface area contributed by atoms with Crippen LogP contribution in [0.1, 0.15) is 30.1 Å². The number of hydrogen-bond donors (Lipinski definition) is 2. The van der Waals surface area contributed by atoms with E-state index >= 15 is 0 Å². The van der Waals surface area contributed by atoms with Crippen molar-refractivity contribution in [1.82, 2.24) is 5.32 Å². The minimum absolute atomic E-state index is 0.248. The van der Waals surface area contributed by atoms with Crippen LogP contribution in [-0.4, -0.2) is 16.9 Å². The number of hydrogen-bond acceptors (Lipinski definition) is 2. The molecule has 1 atom stereocenters. The monoisotopic (exact) mass is 332 g/mol. The summed E-state index contributed by atoms with van der Waals surface area (Å²) in [6.45, 7) is 1.98. The molecule has 98 valence electrons. The second-order valence-electron chi connectivity index (χ2n) is 3.85. The average Bonchev–Trinajstić information content (AvgIpc) is 2.31. The Morgan fingerprint density at radius 1 is 1.61 bits per heavy atom. The fraction of sp³-hybridized carbons (Fsp3) is 0.333. The Kier molecular flexibility index (Phi) is 5.68. The van der Waals surface area contributed by atoms with Gasteiger partial charge in [0.05, 0.1) is 15.5 Å². The molecule has 0 saturated carbocycles. The number of thiocarbonyl (C=S) groups is 1. The fourth-order valence-corrected chi connectivity index (χ4v) is 2.01. The molecule has 1 amide bonds. The smallest absolute Gasteiger partial charge is 0.251 e. The van der Waals surface area contributed by atoms with Crippen molar-refractivity contribution in [3.8, 4) is 0 Å². The molecule has 0 bridgehead atoms. The molecule has 0 heterocycles. The van der Waals surface area contributed by atoms with Crippen LogP contribution in [0.4, 0.5) is 4.39 Å². The van der Waals surface area contributed by atoms with Gasteiger partial charge in [0.1, 0.15) is 5.82 Å². The van der Waals surface area contributed by atoms with Crippen molar-refractivity contribution >= 4 is 39.0 Å². The molecule has 0 fully saturated rings. The first-order chi connectivity index (χ1) is 8.45. The molecular formula is C12H14BrFN2OS. The van der Waals surface area contributed by atoms with Gasteiger partial charge in [0.15, 0.2) is 0 Å². The van der Waals surface area contributed by atoms with Gasteiger partial charge >= 0.3 is 0 Å². The molecule has 3 N–H and O–H groups in total. The zero-order valence-electron chi connectivity index (χ0n) is 9.87. The summed E-state index contributed by atoms with van der Waals surface area (Å²) < 4.78 is 13.3. The highest BCUT2D eigenvalue weighted by Gasteiger charge is 2.16. The van der Waals surface area contributed by atoms with Gasteiger partial charge in [-0.05, 0) is 40.5 Å². The van der Waals surface area contributed by atoms with E-state index in [-0.39, 0.29) is 21.4 Å². The van der Waals surface area contributed by atoms with Crippen LogP contribution < -0.4 is 11.1 Å². The lowest BCUT2D eigenvalue weighted by molar-refractivity contribution is 0.0945. The first-order valence-corrected chi connectivity index (χ1v) is 6.71. The quantitative estimate of drug-likeness (QED) is 0.815. The Morgan fingerprint density at radius 3 is 2.78 bits per heavy atom. The Bertz CT molecular complexity index is 467. The molecule has 3 nitrogen and oxygen atoms in total. The Hall–Kier alpha value is -1.01. The van der Waals surface area contributed by atoms with Crippen molar-refractivity contribution in [2.24, 2.45) is 5.73 Å². The Morgan fingerprint density at radius 2 is 2.28 bits per heavy atom. The van der Waals surface area contributed by atoms with Crippen molar-refractivity contribution in [2.45, 2.75) is 25.8 Å². The summed E-state index contributed by atoms with van der Waals surface area (Å²) >= 11 is 7.93. The van der Waals surface area contributed by atoms with E-state index in [4.69, 9.17) is 18.0 Å². The zero-order chi connectivity index (χ0) is 13.7. The number of carbonyl (C=O) groups is 1. The van der Waals surface area contributed by atoms with Crippen LogP contribution in [-0.2, 0) is 0 Å². The van der Waals surface area contributed by atoms with Crippen molar-refractivity contribution in [3.05, 3.63) is 34.1 Å². The van der Waals surface area contributed by atoms with Gasteiger partial charge in [0, 0.05) is 5.56 Å². The van der Waals surface area contributed by atoms with Gasteiger partial charge in [0.25, 0.3) is 5.91 Å². The zero-order valence-corrected chi connectivity index (χ0v) is 12.3. The molecule has 0 radical (unpaired) electrons. The van der Waals surface area contributed by atoms with Crippen molar-refractivity contribution in [2.75, 3.05) is 0 Å². The van der Waals surface area contributed by atoms with Gasteiger partial charge in [-0.25, -0.2) is 4.39 Å². The molecule has 0 aliphatic carbocycles. The molecule has 0 saturated heterocycles. The predicted octanol–water partition coefficient (Wildman–Crippen LogP) is 2.77.